The normalized spacial score (nSPS) is 21.6. The van der Waals surface area contributed by atoms with E-state index in [1.54, 1.807) is 9.58 Å². The van der Waals surface area contributed by atoms with E-state index in [-0.39, 0.29) is 23.8 Å². The van der Waals surface area contributed by atoms with E-state index in [2.05, 4.69) is 46.8 Å². The summed E-state index contributed by atoms with van der Waals surface area (Å²) in [5.41, 5.74) is 3.41. The number of likely N-dealkylation sites (tertiary alicyclic amines) is 1. The second kappa shape index (κ2) is 8.42. The SMILES string of the molecule is Cc1ccc(C2Cn3nnc(C(=O)N4CCC(C(=O)NCC5CC5)CC4)c3CO2)cc1. The summed E-state index contributed by atoms with van der Waals surface area (Å²) in [5, 5.41) is 11.5. The van der Waals surface area contributed by atoms with Crippen LogP contribution in [0.5, 0.6) is 0 Å². The quantitative estimate of drug-likeness (QED) is 0.797. The molecule has 2 aliphatic heterocycles. The molecule has 0 bridgehead atoms. The molecule has 1 aromatic carbocycles. The molecule has 0 radical (unpaired) electrons. The van der Waals surface area contributed by atoms with Gasteiger partial charge in [-0.05, 0) is 44.1 Å². The van der Waals surface area contributed by atoms with Crippen LogP contribution in [-0.2, 0) is 22.7 Å². The lowest BCUT2D eigenvalue weighted by Crippen LogP contribution is -2.43. The number of ether oxygens (including phenoxy) is 1. The Labute approximate surface area is 181 Å². The van der Waals surface area contributed by atoms with Gasteiger partial charge in [0.1, 0.15) is 6.10 Å². The van der Waals surface area contributed by atoms with E-state index in [9.17, 15) is 9.59 Å². The van der Waals surface area contributed by atoms with Gasteiger partial charge in [-0.2, -0.15) is 0 Å². The molecule has 31 heavy (non-hydrogen) atoms. The van der Waals surface area contributed by atoms with Gasteiger partial charge in [0, 0.05) is 25.6 Å². The highest BCUT2D eigenvalue weighted by Gasteiger charge is 2.33. The Kier molecular flexibility index (Phi) is 5.48. The third-order valence-corrected chi connectivity index (χ3v) is 6.66. The highest BCUT2D eigenvalue weighted by molar-refractivity contribution is 5.93. The summed E-state index contributed by atoms with van der Waals surface area (Å²) in [6.07, 6.45) is 3.75. The summed E-state index contributed by atoms with van der Waals surface area (Å²) in [4.78, 5) is 27.2. The summed E-state index contributed by atoms with van der Waals surface area (Å²) < 4.78 is 7.83. The van der Waals surface area contributed by atoms with Crippen molar-refractivity contribution in [3.05, 3.63) is 46.8 Å². The summed E-state index contributed by atoms with van der Waals surface area (Å²) in [5.74, 6) is 0.694. The zero-order chi connectivity index (χ0) is 21.4. The van der Waals surface area contributed by atoms with Crippen LogP contribution in [0.2, 0.25) is 0 Å². The molecule has 8 nitrogen and oxygen atoms in total. The molecule has 3 aliphatic rings. The second-order valence-electron chi connectivity index (χ2n) is 9.03. The molecule has 1 unspecified atom stereocenters. The number of carbonyl (C=O) groups excluding carboxylic acids is 2. The number of hydrogen-bond donors (Lipinski definition) is 1. The molecule has 2 aromatic rings. The van der Waals surface area contributed by atoms with E-state index in [1.165, 1.54) is 18.4 Å². The number of aryl methyl sites for hydroxylation is 1. The summed E-state index contributed by atoms with van der Waals surface area (Å²) in [7, 11) is 0. The maximum Gasteiger partial charge on any atom is 0.276 e. The van der Waals surface area contributed by atoms with Gasteiger partial charge in [-0.15, -0.1) is 5.10 Å². The molecular formula is C23H29N5O3. The van der Waals surface area contributed by atoms with Crippen LogP contribution in [-0.4, -0.2) is 51.3 Å². The number of aromatic nitrogens is 3. The Morgan fingerprint density at radius 2 is 1.87 bits per heavy atom. The first-order valence-corrected chi connectivity index (χ1v) is 11.3. The van der Waals surface area contributed by atoms with Crippen LogP contribution in [0.25, 0.3) is 0 Å². The average molecular weight is 424 g/mol. The fourth-order valence-electron chi connectivity index (χ4n) is 4.37. The van der Waals surface area contributed by atoms with Gasteiger partial charge in [0.05, 0.1) is 18.8 Å². The van der Waals surface area contributed by atoms with Crippen molar-refractivity contribution in [3.63, 3.8) is 0 Å². The summed E-state index contributed by atoms with van der Waals surface area (Å²) in [6, 6.07) is 8.28. The Bertz CT molecular complexity index is 958. The highest BCUT2D eigenvalue weighted by Crippen LogP contribution is 2.29. The zero-order valence-corrected chi connectivity index (χ0v) is 17.9. The first-order valence-electron chi connectivity index (χ1n) is 11.3. The lowest BCUT2D eigenvalue weighted by molar-refractivity contribution is -0.126. The second-order valence-corrected chi connectivity index (χ2v) is 9.03. The van der Waals surface area contributed by atoms with Gasteiger partial charge in [-0.25, -0.2) is 4.68 Å². The fraction of sp³-hybridized carbons (Fsp3) is 0.565. The Morgan fingerprint density at radius 1 is 1.13 bits per heavy atom. The summed E-state index contributed by atoms with van der Waals surface area (Å²) >= 11 is 0. The van der Waals surface area contributed by atoms with Crippen LogP contribution in [0, 0.1) is 18.8 Å². The number of carbonyl (C=O) groups is 2. The number of fused-ring (bicyclic) bond motifs is 1. The number of rotatable bonds is 5. The largest absolute Gasteiger partial charge is 0.365 e. The third kappa shape index (κ3) is 4.35. The number of piperidine rings is 1. The Balaban J connectivity index is 1.19. The molecule has 8 heteroatoms. The molecular weight excluding hydrogens is 394 g/mol. The van der Waals surface area contributed by atoms with Gasteiger partial charge in [-0.1, -0.05) is 35.0 Å². The zero-order valence-electron chi connectivity index (χ0n) is 17.9. The number of nitrogens with one attached hydrogen (secondary N) is 1. The molecule has 5 rings (SSSR count). The van der Waals surface area contributed by atoms with Gasteiger partial charge >= 0.3 is 0 Å². The third-order valence-electron chi connectivity index (χ3n) is 6.66. The molecule has 1 saturated carbocycles. The van der Waals surface area contributed by atoms with E-state index < -0.39 is 0 Å². The van der Waals surface area contributed by atoms with Crippen molar-refractivity contribution in [2.75, 3.05) is 19.6 Å². The van der Waals surface area contributed by atoms with Gasteiger partial charge in [0.2, 0.25) is 5.91 Å². The Morgan fingerprint density at radius 3 is 2.58 bits per heavy atom. The maximum absolute atomic E-state index is 13.1. The van der Waals surface area contributed by atoms with E-state index in [4.69, 9.17) is 4.74 Å². The molecule has 0 spiro atoms. The van der Waals surface area contributed by atoms with Crippen LogP contribution in [0.15, 0.2) is 24.3 Å². The first kappa shape index (κ1) is 20.2. The van der Waals surface area contributed by atoms with Crippen molar-refractivity contribution in [1.82, 2.24) is 25.2 Å². The van der Waals surface area contributed by atoms with Crippen molar-refractivity contribution in [2.45, 2.75) is 51.9 Å². The van der Waals surface area contributed by atoms with Gasteiger partial charge in [0.15, 0.2) is 5.69 Å². The average Bonchev–Trinajstić information content (AvgIpc) is 3.54. The minimum Gasteiger partial charge on any atom is -0.365 e. The van der Waals surface area contributed by atoms with E-state index >= 15 is 0 Å². The fourth-order valence-corrected chi connectivity index (χ4v) is 4.37. The molecule has 2 fully saturated rings. The van der Waals surface area contributed by atoms with Crippen molar-refractivity contribution < 1.29 is 14.3 Å². The monoisotopic (exact) mass is 423 g/mol. The molecule has 1 aromatic heterocycles. The van der Waals surface area contributed by atoms with Gasteiger partial charge < -0.3 is 15.0 Å². The maximum atomic E-state index is 13.1. The first-order chi connectivity index (χ1) is 15.1. The highest BCUT2D eigenvalue weighted by atomic mass is 16.5. The van der Waals surface area contributed by atoms with E-state index in [0.29, 0.717) is 50.7 Å². The molecule has 1 N–H and O–H groups in total. The number of benzene rings is 1. The van der Waals surface area contributed by atoms with Crippen LogP contribution in [0.3, 0.4) is 0 Å². The predicted molar refractivity (Wildman–Crippen MR) is 113 cm³/mol. The van der Waals surface area contributed by atoms with Crippen molar-refractivity contribution in [2.24, 2.45) is 11.8 Å². The number of amides is 2. The molecule has 1 saturated heterocycles. The molecule has 3 heterocycles. The van der Waals surface area contributed by atoms with Crippen molar-refractivity contribution in [1.29, 1.82) is 0 Å². The van der Waals surface area contributed by atoms with Crippen LogP contribution in [0.1, 0.15) is 59.1 Å². The smallest absolute Gasteiger partial charge is 0.276 e. The van der Waals surface area contributed by atoms with Crippen molar-refractivity contribution in [3.8, 4) is 0 Å². The lowest BCUT2D eigenvalue weighted by atomic mass is 9.95. The molecule has 1 aliphatic carbocycles. The standard InChI is InChI=1S/C23H29N5O3/c1-15-2-6-17(7-3-15)20-13-28-19(14-31-20)21(25-26-28)23(30)27-10-8-18(9-11-27)22(29)24-12-16-4-5-16/h2-3,6-7,16,18,20H,4-5,8-14H2,1H3,(H,24,29). The number of nitrogens with zero attached hydrogens (tertiary/aromatic N) is 4. The van der Waals surface area contributed by atoms with E-state index in [0.717, 1.165) is 17.8 Å². The van der Waals surface area contributed by atoms with E-state index in [1.807, 2.05) is 0 Å². The van der Waals surface area contributed by atoms with Crippen LogP contribution < -0.4 is 5.32 Å². The molecule has 1 atom stereocenters. The molecule has 164 valence electrons. The van der Waals surface area contributed by atoms with Gasteiger partial charge in [-0.3, -0.25) is 9.59 Å². The lowest BCUT2D eigenvalue weighted by Gasteiger charge is -2.31. The molecule has 2 amide bonds. The summed E-state index contributed by atoms with van der Waals surface area (Å²) in [6.45, 7) is 4.85. The van der Waals surface area contributed by atoms with Crippen molar-refractivity contribution >= 4 is 11.8 Å². The van der Waals surface area contributed by atoms with Gasteiger partial charge in [0.25, 0.3) is 5.91 Å². The minimum absolute atomic E-state index is 0.00422. The topological polar surface area (TPSA) is 89.4 Å². The van der Waals surface area contributed by atoms with Crippen LogP contribution >= 0.6 is 0 Å². The number of hydrogen-bond acceptors (Lipinski definition) is 5. The minimum atomic E-state index is -0.115. The van der Waals surface area contributed by atoms with Crippen LogP contribution in [0.4, 0.5) is 0 Å². The predicted octanol–water partition coefficient (Wildman–Crippen LogP) is 2.24. The Hall–Kier alpha value is -2.74.